The molecule has 1 aromatic carbocycles. The van der Waals surface area contributed by atoms with Crippen molar-refractivity contribution in [1.29, 1.82) is 5.41 Å². The Hall–Kier alpha value is -3.39. The van der Waals surface area contributed by atoms with E-state index in [9.17, 15) is 4.79 Å². The van der Waals surface area contributed by atoms with Crippen molar-refractivity contribution in [3.8, 4) is 0 Å². The molecule has 0 saturated heterocycles. The molecule has 2 aromatic rings. The Kier molecular flexibility index (Phi) is 6.70. The fraction of sp³-hybridized carbons (Fsp3) is 0.375. The van der Waals surface area contributed by atoms with Crippen LogP contribution in [0.25, 0.3) is 5.76 Å². The summed E-state index contributed by atoms with van der Waals surface area (Å²) in [5, 5.41) is 18.3. The molecule has 1 aromatic heterocycles. The van der Waals surface area contributed by atoms with Gasteiger partial charge in [0.1, 0.15) is 25.3 Å². The zero-order valence-corrected chi connectivity index (χ0v) is 18.1. The van der Waals surface area contributed by atoms with Crippen molar-refractivity contribution in [1.82, 2.24) is 4.98 Å². The van der Waals surface area contributed by atoms with E-state index in [1.807, 2.05) is 35.2 Å². The summed E-state index contributed by atoms with van der Waals surface area (Å²) in [5.74, 6) is 1.47. The van der Waals surface area contributed by atoms with E-state index in [-0.39, 0.29) is 11.8 Å². The number of hydrogen-bond acceptors (Lipinski definition) is 7. The first kappa shape index (κ1) is 21.8. The van der Waals surface area contributed by atoms with Crippen LogP contribution in [-0.2, 0) is 20.8 Å². The number of rotatable bonds is 2. The van der Waals surface area contributed by atoms with Gasteiger partial charge in [0.2, 0.25) is 5.91 Å². The van der Waals surface area contributed by atoms with Crippen LogP contribution in [0.1, 0.15) is 36.8 Å². The number of aliphatic hydroxyl groups is 1. The Balaban J connectivity index is 0.00000119. The molecule has 8 heteroatoms. The zero-order chi connectivity index (χ0) is 22.5. The lowest BCUT2D eigenvalue weighted by Gasteiger charge is -2.30. The topological polar surface area (TPSA) is 108 Å². The van der Waals surface area contributed by atoms with Gasteiger partial charge in [0.15, 0.2) is 5.76 Å². The van der Waals surface area contributed by atoms with E-state index in [0.29, 0.717) is 38.4 Å². The van der Waals surface area contributed by atoms with Crippen molar-refractivity contribution in [2.24, 2.45) is 5.92 Å². The number of pyridine rings is 1. The van der Waals surface area contributed by atoms with Crippen LogP contribution in [0.4, 0.5) is 17.2 Å². The molecule has 1 amide bonds. The highest BCUT2D eigenvalue weighted by Gasteiger charge is 2.32. The number of carbonyl (C=O) groups is 1. The zero-order valence-electron chi connectivity index (χ0n) is 18.1. The number of aromatic nitrogens is 1. The fourth-order valence-electron chi connectivity index (χ4n) is 4.23. The molecule has 1 aliphatic carbocycles. The minimum Gasteiger partial charge on any atom is -0.494 e. The molecular weight excluding hydrogens is 408 g/mol. The van der Waals surface area contributed by atoms with Crippen molar-refractivity contribution >= 4 is 34.6 Å². The molecule has 0 bridgehead atoms. The Morgan fingerprint density at radius 1 is 1.22 bits per heavy atom. The monoisotopic (exact) mass is 436 g/mol. The molecular formula is C24H28N4O4. The van der Waals surface area contributed by atoms with Crippen molar-refractivity contribution < 1.29 is 19.4 Å². The number of carbonyl (C=O) groups excluding carboxylic acids is 1. The third-order valence-corrected chi connectivity index (χ3v) is 5.90. The predicted molar refractivity (Wildman–Crippen MR) is 123 cm³/mol. The largest absolute Gasteiger partial charge is 0.494 e. The maximum Gasteiger partial charge on any atom is 0.230 e. The molecule has 1 saturated carbocycles. The van der Waals surface area contributed by atoms with Crippen molar-refractivity contribution in [3.05, 3.63) is 53.9 Å². The first-order valence-corrected chi connectivity index (χ1v) is 10.8. The van der Waals surface area contributed by atoms with Gasteiger partial charge in [-0.05, 0) is 49.9 Å². The van der Waals surface area contributed by atoms with Gasteiger partial charge in [-0.3, -0.25) is 4.79 Å². The van der Waals surface area contributed by atoms with Gasteiger partial charge in [-0.1, -0.05) is 6.07 Å². The van der Waals surface area contributed by atoms with E-state index in [1.54, 1.807) is 12.5 Å². The highest BCUT2D eigenvalue weighted by Crippen LogP contribution is 2.39. The average Bonchev–Trinajstić information content (AvgIpc) is 3.02. The molecule has 3 aliphatic rings. The Morgan fingerprint density at radius 2 is 2.03 bits per heavy atom. The molecule has 0 unspecified atom stereocenters. The van der Waals surface area contributed by atoms with Crippen molar-refractivity contribution in [2.75, 3.05) is 30.5 Å². The summed E-state index contributed by atoms with van der Waals surface area (Å²) in [4.78, 5) is 19.9. The number of aliphatic hydroxyl groups excluding tert-OH is 1. The third kappa shape index (κ3) is 4.45. The van der Waals surface area contributed by atoms with Crippen LogP contribution in [0.15, 0.2) is 42.8 Å². The lowest BCUT2D eigenvalue weighted by molar-refractivity contribution is -0.123. The second-order valence-electron chi connectivity index (χ2n) is 7.87. The Labute approximate surface area is 187 Å². The molecule has 2 aliphatic heterocycles. The number of nitrogens with one attached hydrogen (secondary N) is 2. The molecule has 3 N–H and O–H groups in total. The van der Waals surface area contributed by atoms with Crippen molar-refractivity contribution in [3.63, 3.8) is 0 Å². The Bertz CT molecular complexity index is 1030. The Morgan fingerprint density at radius 3 is 2.78 bits per heavy atom. The molecule has 0 atom stereocenters. The first-order valence-electron chi connectivity index (χ1n) is 10.8. The molecule has 3 heterocycles. The molecule has 0 spiro atoms. The van der Waals surface area contributed by atoms with Gasteiger partial charge < -0.3 is 30.2 Å². The van der Waals surface area contributed by atoms with Crippen LogP contribution >= 0.6 is 0 Å². The van der Waals surface area contributed by atoms with Gasteiger partial charge >= 0.3 is 0 Å². The first-order chi connectivity index (χ1) is 15.7. The molecule has 32 heavy (non-hydrogen) atoms. The normalized spacial score (nSPS) is 19.4. The highest BCUT2D eigenvalue weighted by atomic mass is 16.6. The number of nitrogens with zero attached hydrogens (tertiary/aromatic N) is 2. The molecule has 1 fully saturated rings. The van der Waals surface area contributed by atoms with Crippen LogP contribution in [-0.4, -0.2) is 42.0 Å². The molecule has 5 rings (SSSR count). The maximum atomic E-state index is 13.6. The fourth-order valence-corrected chi connectivity index (χ4v) is 4.23. The van der Waals surface area contributed by atoms with E-state index in [2.05, 4.69) is 10.3 Å². The second kappa shape index (κ2) is 9.82. The summed E-state index contributed by atoms with van der Waals surface area (Å²) in [6.07, 6.45) is 6.25. The third-order valence-electron chi connectivity index (χ3n) is 5.90. The summed E-state index contributed by atoms with van der Waals surface area (Å²) in [7, 11) is 1.00. The van der Waals surface area contributed by atoms with Gasteiger partial charge in [0.05, 0.1) is 17.9 Å². The van der Waals surface area contributed by atoms with E-state index in [0.717, 1.165) is 54.0 Å². The van der Waals surface area contributed by atoms with Gasteiger partial charge in [-0.25, -0.2) is 4.98 Å². The number of amides is 1. The highest BCUT2D eigenvalue weighted by molar-refractivity contribution is 6.01. The van der Waals surface area contributed by atoms with E-state index >= 15 is 0 Å². The number of anilines is 3. The summed E-state index contributed by atoms with van der Waals surface area (Å²) in [5.41, 5.74) is 4.24. The molecule has 168 valence electrons. The second-order valence-corrected chi connectivity index (χ2v) is 7.87. The smallest absolute Gasteiger partial charge is 0.230 e. The van der Waals surface area contributed by atoms with Crippen LogP contribution in [0.2, 0.25) is 0 Å². The van der Waals surface area contributed by atoms with Gasteiger partial charge in [-0.2, -0.15) is 0 Å². The SMILES string of the molecule is CO.N=C1CCC(C(=O)N2Cc3cccnc3Nc3ccc(C4=COCCO4)cc32)CC1. The van der Waals surface area contributed by atoms with Gasteiger partial charge in [0.25, 0.3) is 0 Å². The predicted octanol–water partition coefficient (Wildman–Crippen LogP) is 3.84. The average molecular weight is 437 g/mol. The summed E-state index contributed by atoms with van der Waals surface area (Å²) in [6, 6.07) is 9.80. The number of fused-ring (bicyclic) bond motifs is 2. The summed E-state index contributed by atoms with van der Waals surface area (Å²) < 4.78 is 11.2. The molecule has 8 nitrogen and oxygen atoms in total. The van der Waals surface area contributed by atoms with Crippen molar-refractivity contribution in [2.45, 2.75) is 32.2 Å². The lowest BCUT2D eigenvalue weighted by Crippen LogP contribution is -2.37. The minimum absolute atomic E-state index is 0.0673. The standard InChI is InChI=1S/C23H24N4O3.CH4O/c24-18-6-3-15(4-7-18)23(28)27-13-17-2-1-9-25-22(17)26-19-8-5-16(12-20(19)27)21-14-29-10-11-30-21;1-2/h1-2,5,8-9,12,14-15,24H,3-4,6-7,10-11,13H2,(H,25,26);2H,1H3. The number of benzene rings is 1. The van der Waals surface area contributed by atoms with Gasteiger partial charge in [-0.15, -0.1) is 0 Å². The number of ether oxygens (including phenoxy) is 2. The summed E-state index contributed by atoms with van der Waals surface area (Å²) in [6.45, 7) is 1.50. The van der Waals surface area contributed by atoms with Gasteiger partial charge in [0, 0.05) is 36.1 Å². The van der Waals surface area contributed by atoms with Crippen LogP contribution in [0.5, 0.6) is 0 Å². The van der Waals surface area contributed by atoms with Crippen LogP contribution in [0.3, 0.4) is 0 Å². The minimum atomic E-state index is -0.0673. The molecule has 0 radical (unpaired) electrons. The van der Waals surface area contributed by atoms with Crippen LogP contribution < -0.4 is 10.2 Å². The summed E-state index contributed by atoms with van der Waals surface area (Å²) >= 11 is 0. The van der Waals surface area contributed by atoms with E-state index < -0.39 is 0 Å². The van der Waals surface area contributed by atoms with E-state index in [4.69, 9.17) is 20.0 Å². The quantitative estimate of drug-likeness (QED) is 0.660. The van der Waals surface area contributed by atoms with E-state index in [1.165, 1.54) is 0 Å². The van der Waals surface area contributed by atoms with Crippen LogP contribution in [0, 0.1) is 11.3 Å². The number of hydrogen-bond donors (Lipinski definition) is 3. The lowest BCUT2D eigenvalue weighted by atomic mass is 9.87. The maximum absolute atomic E-state index is 13.6.